The van der Waals surface area contributed by atoms with E-state index in [2.05, 4.69) is 10.3 Å². The van der Waals surface area contributed by atoms with Gasteiger partial charge in [0.25, 0.3) is 5.91 Å². The van der Waals surface area contributed by atoms with Crippen LogP contribution < -0.4 is 11.1 Å². The Labute approximate surface area is 104 Å². The Hall–Kier alpha value is -1.88. The first kappa shape index (κ1) is 12.6. The lowest BCUT2D eigenvalue weighted by atomic mass is 10.1. The van der Waals surface area contributed by atoms with E-state index in [0.717, 1.165) is 0 Å². The smallest absolute Gasteiger partial charge is 0.267 e. The molecule has 1 heterocycles. The van der Waals surface area contributed by atoms with Gasteiger partial charge < -0.3 is 16.0 Å². The number of nitrogens with one attached hydrogen (secondary N) is 2. The number of amides is 1. The SMILES string of the molecule is CC(C)(N)CNC(=O)c1cc2cccc(F)c2[nH]1. The van der Waals surface area contributed by atoms with Crippen molar-refractivity contribution in [3.8, 4) is 0 Å². The first-order valence-corrected chi connectivity index (χ1v) is 5.71. The van der Waals surface area contributed by atoms with Crippen molar-refractivity contribution < 1.29 is 9.18 Å². The van der Waals surface area contributed by atoms with E-state index in [-0.39, 0.29) is 11.7 Å². The topological polar surface area (TPSA) is 70.9 Å². The number of aromatic amines is 1. The molecule has 2 aromatic rings. The minimum Gasteiger partial charge on any atom is -0.349 e. The van der Waals surface area contributed by atoms with Crippen molar-refractivity contribution in [2.45, 2.75) is 19.4 Å². The maximum Gasteiger partial charge on any atom is 0.267 e. The monoisotopic (exact) mass is 249 g/mol. The molecule has 0 aliphatic rings. The molecular weight excluding hydrogens is 233 g/mol. The lowest BCUT2D eigenvalue weighted by molar-refractivity contribution is 0.0942. The molecule has 4 nitrogen and oxygen atoms in total. The molecule has 5 heteroatoms. The molecule has 4 N–H and O–H groups in total. The summed E-state index contributed by atoms with van der Waals surface area (Å²) in [5, 5.41) is 3.37. The molecule has 0 fully saturated rings. The zero-order chi connectivity index (χ0) is 13.3. The lowest BCUT2D eigenvalue weighted by Gasteiger charge is -2.18. The van der Waals surface area contributed by atoms with Gasteiger partial charge in [-0.1, -0.05) is 12.1 Å². The molecule has 1 amide bonds. The van der Waals surface area contributed by atoms with Crippen LogP contribution in [0.2, 0.25) is 0 Å². The summed E-state index contributed by atoms with van der Waals surface area (Å²) in [6.45, 7) is 3.99. The molecule has 0 atom stereocenters. The third-order valence-electron chi connectivity index (χ3n) is 2.55. The van der Waals surface area contributed by atoms with E-state index in [9.17, 15) is 9.18 Å². The van der Waals surface area contributed by atoms with Crippen LogP contribution in [0.25, 0.3) is 10.9 Å². The average molecular weight is 249 g/mol. The number of para-hydroxylation sites is 1. The van der Waals surface area contributed by atoms with Gasteiger partial charge in [0.15, 0.2) is 0 Å². The largest absolute Gasteiger partial charge is 0.349 e. The second kappa shape index (κ2) is 4.42. The first-order valence-electron chi connectivity index (χ1n) is 5.71. The van der Waals surface area contributed by atoms with Gasteiger partial charge in [0.1, 0.15) is 11.5 Å². The van der Waals surface area contributed by atoms with Gasteiger partial charge in [0.05, 0.1) is 5.52 Å². The van der Waals surface area contributed by atoms with Crippen LogP contribution in [0.4, 0.5) is 4.39 Å². The Morgan fingerprint density at radius 3 is 2.83 bits per heavy atom. The number of nitrogens with two attached hydrogens (primary N) is 1. The average Bonchev–Trinajstić information content (AvgIpc) is 2.70. The van der Waals surface area contributed by atoms with Crippen molar-refractivity contribution in [2.75, 3.05) is 6.54 Å². The summed E-state index contributed by atoms with van der Waals surface area (Å²) < 4.78 is 13.5. The summed E-state index contributed by atoms with van der Waals surface area (Å²) in [5.74, 6) is -0.658. The van der Waals surface area contributed by atoms with Gasteiger partial charge in [0, 0.05) is 17.5 Å². The van der Waals surface area contributed by atoms with Gasteiger partial charge in [-0.25, -0.2) is 4.39 Å². The molecule has 1 aromatic carbocycles. The summed E-state index contributed by atoms with van der Waals surface area (Å²) in [4.78, 5) is 14.6. The van der Waals surface area contributed by atoms with E-state index in [1.807, 2.05) is 13.8 Å². The number of fused-ring (bicyclic) bond motifs is 1. The third kappa shape index (κ3) is 2.68. The van der Waals surface area contributed by atoms with Crippen molar-refractivity contribution in [3.05, 3.63) is 35.8 Å². The van der Waals surface area contributed by atoms with Crippen molar-refractivity contribution in [2.24, 2.45) is 5.73 Å². The number of carbonyl (C=O) groups is 1. The first-order chi connectivity index (χ1) is 8.37. The van der Waals surface area contributed by atoms with E-state index in [1.54, 1.807) is 18.2 Å². The van der Waals surface area contributed by atoms with Crippen LogP contribution >= 0.6 is 0 Å². The predicted molar refractivity (Wildman–Crippen MR) is 68.9 cm³/mol. The van der Waals surface area contributed by atoms with Gasteiger partial charge in [-0.3, -0.25) is 4.79 Å². The summed E-state index contributed by atoms with van der Waals surface area (Å²) in [7, 11) is 0. The Morgan fingerprint density at radius 2 is 2.22 bits per heavy atom. The Morgan fingerprint density at radius 1 is 1.50 bits per heavy atom. The molecule has 0 saturated carbocycles. The Balaban J connectivity index is 2.21. The van der Waals surface area contributed by atoms with Gasteiger partial charge in [0.2, 0.25) is 0 Å². The Bertz CT molecular complexity index is 583. The maximum atomic E-state index is 13.5. The molecule has 1 aromatic heterocycles. The number of carbonyl (C=O) groups excluding carboxylic acids is 1. The summed E-state index contributed by atoms with van der Waals surface area (Å²) in [6.07, 6.45) is 0. The van der Waals surface area contributed by atoms with Crippen molar-refractivity contribution in [1.82, 2.24) is 10.3 Å². The standard InChI is InChI=1S/C13H16FN3O/c1-13(2,15)7-16-12(18)10-6-8-4-3-5-9(14)11(8)17-10/h3-6,17H,7,15H2,1-2H3,(H,16,18). The maximum absolute atomic E-state index is 13.5. The third-order valence-corrected chi connectivity index (χ3v) is 2.55. The second-order valence-electron chi connectivity index (χ2n) is 5.06. The highest BCUT2D eigenvalue weighted by Gasteiger charge is 2.15. The van der Waals surface area contributed by atoms with E-state index in [4.69, 9.17) is 5.73 Å². The molecule has 18 heavy (non-hydrogen) atoms. The molecule has 96 valence electrons. The molecule has 0 unspecified atom stereocenters. The fourth-order valence-electron chi connectivity index (χ4n) is 1.64. The molecule has 0 bridgehead atoms. The number of aromatic nitrogens is 1. The number of hydrogen-bond donors (Lipinski definition) is 3. The van der Waals surface area contributed by atoms with E-state index in [0.29, 0.717) is 23.1 Å². The Kier molecular flexibility index (Phi) is 3.09. The highest BCUT2D eigenvalue weighted by molar-refractivity contribution is 5.98. The van der Waals surface area contributed by atoms with Crippen LogP contribution in [-0.2, 0) is 0 Å². The van der Waals surface area contributed by atoms with Gasteiger partial charge >= 0.3 is 0 Å². The predicted octanol–water partition coefficient (Wildman–Crippen LogP) is 1.77. The van der Waals surface area contributed by atoms with Crippen LogP contribution in [0.5, 0.6) is 0 Å². The molecule has 0 aliphatic heterocycles. The number of H-pyrrole nitrogens is 1. The fraction of sp³-hybridized carbons (Fsp3) is 0.308. The van der Waals surface area contributed by atoms with E-state index < -0.39 is 5.54 Å². The molecule has 0 radical (unpaired) electrons. The van der Waals surface area contributed by atoms with Crippen LogP contribution in [0, 0.1) is 5.82 Å². The molecule has 0 aliphatic carbocycles. The minimum atomic E-state index is -0.479. The van der Waals surface area contributed by atoms with Gasteiger partial charge in [-0.15, -0.1) is 0 Å². The van der Waals surface area contributed by atoms with E-state index >= 15 is 0 Å². The number of benzene rings is 1. The number of hydrogen-bond acceptors (Lipinski definition) is 2. The van der Waals surface area contributed by atoms with Gasteiger partial charge in [-0.05, 0) is 26.0 Å². The number of halogens is 1. The zero-order valence-electron chi connectivity index (χ0n) is 10.4. The fourth-order valence-corrected chi connectivity index (χ4v) is 1.64. The quantitative estimate of drug-likeness (QED) is 0.775. The zero-order valence-corrected chi connectivity index (χ0v) is 10.4. The highest BCUT2D eigenvalue weighted by Crippen LogP contribution is 2.18. The van der Waals surface area contributed by atoms with Gasteiger partial charge in [-0.2, -0.15) is 0 Å². The molecular formula is C13H16FN3O. The van der Waals surface area contributed by atoms with Crippen LogP contribution in [0.3, 0.4) is 0 Å². The molecule has 0 saturated heterocycles. The molecule has 0 spiro atoms. The van der Waals surface area contributed by atoms with Crippen LogP contribution in [-0.4, -0.2) is 23.0 Å². The second-order valence-corrected chi connectivity index (χ2v) is 5.06. The lowest BCUT2D eigenvalue weighted by Crippen LogP contribution is -2.45. The highest BCUT2D eigenvalue weighted by atomic mass is 19.1. The summed E-state index contributed by atoms with van der Waals surface area (Å²) >= 11 is 0. The number of rotatable bonds is 3. The summed E-state index contributed by atoms with van der Waals surface area (Å²) in [5.41, 5.74) is 5.97. The molecule has 2 rings (SSSR count). The van der Waals surface area contributed by atoms with Crippen LogP contribution in [0.1, 0.15) is 24.3 Å². The minimum absolute atomic E-state index is 0.288. The normalized spacial score (nSPS) is 11.8. The van der Waals surface area contributed by atoms with E-state index in [1.165, 1.54) is 6.07 Å². The van der Waals surface area contributed by atoms with Crippen molar-refractivity contribution >= 4 is 16.8 Å². The van der Waals surface area contributed by atoms with Crippen molar-refractivity contribution in [1.29, 1.82) is 0 Å². The summed E-state index contributed by atoms with van der Waals surface area (Å²) in [6, 6.07) is 6.33. The van der Waals surface area contributed by atoms with Crippen LogP contribution in [0.15, 0.2) is 24.3 Å². The van der Waals surface area contributed by atoms with Crippen molar-refractivity contribution in [3.63, 3.8) is 0 Å².